The van der Waals surface area contributed by atoms with Crippen molar-refractivity contribution >= 4 is 38.5 Å². The van der Waals surface area contributed by atoms with Gasteiger partial charge in [0.15, 0.2) is 0 Å². The van der Waals surface area contributed by atoms with Crippen molar-refractivity contribution in [3.05, 3.63) is 73.7 Å². The summed E-state index contributed by atoms with van der Waals surface area (Å²) in [6, 6.07) is 7.11. The van der Waals surface area contributed by atoms with Gasteiger partial charge in [0.2, 0.25) is 0 Å². The molecule has 0 bridgehead atoms. The number of carbonyl (C=O) groups excluding carboxylic acids is 1. The molecule has 0 aromatic rings. The van der Waals surface area contributed by atoms with Gasteiger partial charge in [0, 0.05) is 16.1 Å². The highest BCUT2D eigenvalue weighted by atomic mass is 28.3. The summed E-state index contributed by atoms with van der Waals surface area (Å²) in [6.45, 7) is 34.6. The second-order valence-corrected chi connectivity index (χ2v) is 30.2. The molecule has 0 aliphatic rings. The average Bonchev–Trinajstić information content (AvgIpc) is 2.85. The lowest BCUT2D eigenvalue weighted by molar-refractivity contribution is 0.0553. The van der Waals surface area contributed by atoms with Crippen LogP contribution in [0.15, 0.2) is 73.7 Å². The lowest BCUT2D eigenvalue weighted by Crippen LogP contribution is -2.30. The van der Waals surface area contributed by atoms with Gasteiger partial charge < -0.3 is 9.47 Å². The molecule has 36 heavy (non-hydrogen) atoms. The van der Waals surface area contributed by atoms with Crippen LogP contribution in [0.3, 0.4) is 0 Å². The standard InChI is InChI=1S/C29H54O3Si4/c1-11-35(12-2,13-3)27-19-25-33(7,8)23-17-21-31-29(30)32-22-18-24-34(9,10)26-20-28-36(14-4,15-5)16-6/h11-16H,1-6,17-28H2,7-10H3. The summed E-state index contributed by atoms with van der Waals surface area (Å²) in [4.78, 5) is 12.0. The Kier molecular flexibility index (Phi) is 16.5. The van der Waals surface area contributed by atoms with Crippen molar-refractivity contribution in [2.75, 3.05) is 13.2 Å². The van der Waals surface area contributed by atoms with E-state index < -0.39 is 38.5 Å². The van der Waals surface area contributed by atoms with Gasteiger partial charge in [0.05, 0.1) is 13.2 Å². The highest BCUT2D eigenvalue weighted by Gasteiger charge is 2.26. The molecule has 0 unspecified atom stereocenters. The molecular formula is C29H54O3Si4. The molecule has 0 atom stereocenters. The first-order chi connectivity index (χ1) is 16.9. The minimum atomic E-state index is -1.70. The maximum Gasteiger partial charge on any atom is 0.508 e. The summed E-state index contributed by atoms with van der Waals surface area (Å²) in [7, 11) is -6.03. The van der Waals surface area contributed by atoms with Crippen LogP contribution in [-0.2, 0) is 9.47 Å². The molecule has 0 heterocycles. The summed E-state index contributed by atoms with van der Waals surface area (Å²) in [5, 5.41) is 0. The Morgan fingerprint density at radius 3 is 1.08 bits per heavy atom. The molecular weight excluding hydrogens is 509 g/mol. The number of hydrogen-bond donors (Lipinski definition) is 0. The SMILES string of the molecule is C=C[Si](C=C)(C=C)CCC[Si](C)(C)CCCOC(=O)OCCC[Si](C)(C)CCC[Si](C=C)(C=C)C=C. The Morgan fingerprint density at radius 2 is 0.806 bits per heavy atom. The van der Waals surface area contributed by atoms with Gasteiger partial charge in [0.1, 0.15) is 16.1 Å². The highest BCUT2D eigenvalue weighted by Crippen LogP contribution is 2.26. The molecule has 0 saturated heterocycles. The predicted molar refractivity (Wildman–Crippen MR) is 172 cm³/mol. The fourth-order valence-electron chi connectivity index (χ4n) is 4.56. The predicted octanol–water partition coefficient (Wildman–Crippen LogP) is 9.37. The molecule has 0 aliphatic carbocycles. The third kappa shape index (κ3) is 13.8. The van der Waals surface area contributed by atoms with Crippen LogP contribution in [0, 0.1) is 0 Å². The average molecular weight is 563 g/mol. The van der Waals surface area contributed by atoms with Crippen molar-refractivity contribution in [1.82, 2.24) is 0 Å². The van der Waals surface area contributed by atoms with E-state index >= 15 is 0 Å². The van der Waals surface area contributed by atoms with E-state index in [4.69, 9.17) is 9.47 Å². The van der Waals surface area contributed by atoms with E-state index in [9.17, 15) is 4.79 Å². The molecule has 3 nitrogen and oxygen atoms in total. The van der Waals surface area contributed by atoms with Gasteiger partial charge in [-0.3, -0.25) is 0 Å². The molecule has 204 valence electrons. The van der Waals surface area contributed by atoms with Crippen molar-refractivity contribution in [1.29, 1.82) is 0 Å². The van der Waals surface area contributed by atoms with Gasteiger partial charge in [0.25, 0.3) is 0 Å². The third-order valence-corrected chi connectivity index (χ3v) is 21.5. The van der Waals surface area contributed by atoms with Crippen LogP contribution in [0.4, 0.5) is 4.79 Å². The fourth-order valence-corrected chi connectivity index (χ4v) is 14.0. The first kappa shape index (κ1) is 34.6. The molecule has 0 aliphatic heterocycles. The summed E-state index contributed by atoms with van der Waals surface area (Å²) >= 11 is 0. The van der Waals surface area contributed by atoms with Crippen LogP contribution >= 0.6 is 0 Å². The molecule has 0 radical (unpaired) electrons. The second-order valence-electron chi connectivity index (χ2n) is 11.6. The second kappa shape index (κ2) is 17.2. The van der Waals surface area contributed by atoms with Crippen molar-refractivity contribution < 1.29 is 14.3 Å². The van der Waals surface area contributed by atoms with Gasteiger partial charge >= 0.3 is 6.16 Å². The number of ether oxygens (including phenoxy) is 2. The summed E-state index contributed by atoms with van der Waals surface area (Å²) in [5.41, 5.74) is 12.5. The van der Waals surface area contributed by atoms with Crippen LogP contribution in [0.2, 0.25) is 62.5 Å². The Balaban J connectivity index is 4.11. The van der Waals surface area contributed by atoms with Crippen LogP contribution in [0.5, 0.6) is 0 Å². The summed E-state index contributed by atoms with van der Waals surface area (Å²) in [5.74, 6) is 0. The Morgan fingerprint density at radius 1 is 0.528 bits per heavy atom. The Labute approximate surface area is 227 Å². The monoisotopic (exact) mass is 562 g/mol. The zero-order chi connectivity index (χ0) is 27.7. The Bertz CT molecular complexity index is 639. The largest absolute Gasteiger partial charge is 0.508 e. The van der Waals surface area contributed by atoms with Crippen LogP contribution in [0.1, 0.15) is 25.7 Å². The molecule has 0 N–H and O–H groups in total. The molecule has 0 rings (SSSR count). The summed E-state index contributed by atoms with van der Waals surface area (Å²) in [6.07, 6.45) is 3.68. The zero-order valence-corrected chi connectivity index (χ0v) is 27.9. The third-order valence-electron chi connectivity index (χ3n) is 7.64. The molecule has 0 saturated carbocycles. The molecule has 0 spiro atoms. The Hall–Kier alpha value is -1.42. The quantitative estimate of drug-likeness (QED) is 0.0749. The molecule has 0 aromatic carbocycles. The molecule has 7 heteroatoms. The summed E-state index contributed by atoms with van der Waals surface area (Å²) < 4.78 is 10.7. The van der Waals surface area contributed by atoms with Crippen molar-refractivity contribution in [3.63, 3.8) is 0 Å². The zero-order valence-electron chi connectivity index (χ0n) is 23.9. The van der Waals surface area contributed by atoms with E-state index in [1.54, 1.807) is 0 Å². The van der Waals surface area contributed by atoms with E-state index in [0.29, 0.717) is 13.2 Å². The number of hydrogen-bond acceptors (Lipinski definition) is 3. The van der Waals surface area contributed by atoms with Gasteiger partial charge in [-0.1, -0.05) is 97.4 Å². The van der Waals surface area contributed by atoms with Crippen LogP contribution in [0.25, 0.3) is 0 Å². The van der Waals surface area contributed by atoms with E-state index in [2.05, 4.69) is 99.9 Å². The maximum absolute atomic E-state index is 12.0. The van der Waals surface area contributed by atoms with Crippen LogP contribution < -0.4 is 0 Å². The lowest BCUT2D eigenvalue weighted by atomic mass is 10.5. The normalized spacial score (nSPS) is 12.3. The first-order valence-electron chi connectivity index (χ1n) is 13.5. The van der Waals surface area contributed by atoms with E-state index in [1.807, 2.05) is 0 Å². The maximum atomic E-state index is 12.0. The molecule has 0 fully saturated rings. The van der Waals surface area contributed by atoms with Crippen LogP contribution in [-0.4, -0.2) is 51.7 Å². The van der Waals surface area contributed by atoms with Gasteiger partial charge in [-0.15, -0.1) is 39.5 Å². The van der Waals surface area contributed by atoms with Crippen molar-refractivity contribution in [2.45, 2.75) is 88.1 Å². The minimum absolute atomic E-state index is 0.446. The van der Waals surface area contributed by atoms with E-state index in [-0.39, 0.29) is 0 Å². The smallest absolute Gasteiger partial charge is 0.434 e. The molecule has 0 aromatic heterocycles. The lowest BCUT2D eigenvalue weighted by Gasteiger charge is -2.25. The van der Waals surface area contributed by atoms with E-state index in [1.165, 1.54) is 24.9 Å². The topological polar surface area (TPSA) is 35.5 Å². The van der Waals surface area contributed by atoms with Crippen molar-refractivity contribution in [2.24, 2.45) is 0 Å². The highest BCUT2D eigenvalue weighted by molar-refractivity contribution is 6.93. The molecule has 0 amide bonds. The fraction of sp³-hybridized carbons (Fsp3) is 0.552. The first-order valence-corrected chi connectivity index (χ1v) is 25.2. The van der Waals surface area contributed by atoms with Crippen molar-refractivity contribution in [3.8, 4) is 0 Å². The van der Waals surface area contributed by atoms with E-state index in [0.717, 1.165) is 37.0 Å². The van der Waals surface area contributed by atoms with Gasteiger partial charge in [-0.2, -0.15) is 0 Å². The minimum Gasteiger partial charge on any atom is -0.434 e. The van der Waals surface area contributed by atoms with Gasteiger partial charge in [-0.05, 0) is 24.9 Å². The number of rotatable bonds is 22. The number of carbonyl (C=O) groups is 1. The van der Waals surface area contributed by atoms with Gasteiger partial charge in [-0.25, -0.2) is 4.79 Å².